The van der Waals surface area contributed by atoms with E-state index in [4.69, 9.17) is 14.5 Å². The number of imidazole rings is 1. The molecule has 4 N–H and O–H groups in total. The molecule has 2 unspecified atom stereocenters. The standard InChI is InChI=1S/C28H34N10O3S2/c1-18-4-3-9-36(13-18)16-22-10-26(42-35-22)34-27-28-30-12-24(38(28)14-19(2)32-27)20-11-31-37(15-20)17-25(39)33-21-5-7-23(8-6-21)43(29,40)41/h5-8,11-12,14-15,18,26H,3-4,9-10,13,16-17H2,1-2H3,(H,32,34)(H,33,39)(H2,29,40,41). The van der Waals surface area contributed by atoms with Crippen LogP contribution in [0.3, 0.4) is 0 Å². The first-order valence-electron chi connectivity index (χ1n) is 14.1. The fourth-order valence-corrected chi connectivity index (χ4v) is 6.87. The predicted molar refractivity (Wildman–Crippen MR) is 167 cm³/mol. The van der Waals surface area contributed by atoms with Crippen LogP contribution in [0, 0.1) is 12.8 Å². The Bertz CT molecular complexity index is 1780. The molecule has 2 aliphatic heterocycles. The molecule has 0 bridgehead atoms. The number of fused-ring (bicyclic) bond motifs is 1. The van der Waals surface area contributed by atoms with E-state index in [2.05, 4.69) is 32.5 Å². The number of amides is 1. The lowest BCUT2D eigenvalue weighted by Gasteiger charge is -2.30. The minimum atomic E-state index is -3.80. The summed E-state index contributed by atoms with van der Waals surface area (Å²) in [5, 5.41) is 15.9. The Hall–Kier alpha value is -3.79. The van der Waals surface area contributed by atoms with Crippen LogP contribution in [0.15, 0.2) is 58.3 Å². The van der Waals surface area contributed by atoms with Crippen molar-refractivity contribution in [2.24, 2.45) is 15.5 Å². The molecule has 0 saturated carbocycles. The van der Waals surface area contributed by atoms with E-state index < -0.39 is 10.0 Å². The van der Waals surface area contributed by atoms with Gasteiger partial charge in [-0.25, -0.2) is 27.9 Å². The third-order valence-electron chi connectivity index (χ3n) is 7.49. The summed E-state index contributed by atoms with van der Waals surface area (Å²) in [6.07, 6.45) is 10.6. The minimum absolute atomic E-state index is 0.0262. The number of carbonyl (C=O) groups excluding carboxylic acids is 1. The highest BCUT2D eigenvalue weighted by atomic mass is 32.2. The second-order valence-corrected chi connectivity index (χ2v) is 13.7. The van der Waals surface area contributed by atoms with Gasteiger partial charge in [-0.1, -0.05) is 6.92 Å². The first kappa shape index (κ1) is 29.3. The van der Waals surface area contributed by atoms with Crippen LogP contribution >= 0.6 is 11.9 Å². The number of aromatic nitrogens is 5. The summed E-state index contributed by atoms with van der Waals surface area (Å²) in [6, 6.07) is 5.65. The molecular weight excluding hydrogens is 589 g/mol. The molecule has 0 spiro atoms. The van der Waals surface area contributed by atoms with Crippen molar-refractivity contribution in [2.75, 3.05) is 30.3 Å². The first-order chi connectivity index (χ1) is 20.6. The molecule has 13 nitrogen and oxygen atoms in total. The van der Waals surface area contributed by atoms with Crippen molar-refractivity contribution >= 4 is 50.7 Å². The Balaban J connectivity index is 1.10. The lowest BCUT2D eigenvalue weighted by molar-refractivity contribution is -0.116. The summed E-state index contributed by atoms with van der Waals surface area (Å²) < 4.78 is 31.2. The number of nitrogens with one attached hydrogen (secondary N) is 2. The van der Waals surface area contributed by atoms with Crippen molar-refractivity contribution in [3.05, 3.63) is 54.7 Å². The Morgan fingerprint density at radius 3 is 2.77 bits per heavy atom. The zero-order valence-electron chi connectivity index (χ0n) is 24.0. The lowest BCUT2D eigenvalue weighted by atomic mass is 10.00. The van der Waals surface area contributed by atoms with Gasteiger partial charge < -0.3 is 10.6 Å². The van der Waals surface area contributed by atoms with Crippen LogP contribution in [0.5, 0.6) is 0 Å². The number of hydrogen-bond donors (Lipinski definition) is 3. The summed E-state index contributed by atoms with van der Waals surface area (Å²) in [5.74, 6) is 1.13. The summed E-state index contributed by atoms with van der Waals surface area (Å²) in [6.45, 7) is 7.43. The summed E-state index contributed by atoms with van der Waals surface area (Å²) in [5.41, 5.74) is 4.82. The number of likely N-dealkylation sites (tertiary alicyclic amines) is 1. The Labute approximate surface area is 254 Å². The molecular formula is C28H34N10O3S2. The van der Waals surface area contributed by atoms with E-state index in [0.29, 0.717) is 17.2 Å². The molecule has 1 saturated heterocycles. The molecule has 1 aromatic carbocycles. The zero-order valence-corrected chi connectivity index (χ0v) is 25.6. The van der Waals surface area contributed by atoms with Crippen LogP contribution in [0.1, 0.15) is 31.9 Å². The van der Waals surface area contributed by atoms with Gasteiger partial charge in [0.2, 0.25) is 15.9 Å². The summed E-state index contributed by atoms with van der Waals surface area (Å²) in [7, 11) is -3.80. The van der Waals surface area contributed by atoms with Gasteiger partial charge in [0, 0.05) is 48.9 Å². The number of rotatable bonds is 9. The normalized spacial score (nSPS) is 19.5. The smallest absolute Gasteiger partial charge is 0.246 e. The van der Waals surface area contributed by atoms with E-state index in [1.54, 1.807) is 30.5 Å². The van der Waals surface area contributed by atoms with E-state index >= 15 is 0 Å². The van der Waals surface area contributed by atoms with Crippen molar-refractivity contribution in [2.45, 2.75) is 49.9 Å². The van der Waals surface area contributed by atoms with Crippen molar-refractivity contribution in [3.63, 3.8) is 0 Å². The number of anilines is 2. The van der Waals surface area contributed by atoms with E-state index in [-0.39, 0.29) is 22.7 Å². The van der Waals surface area contributed by atoms with Gasteiger partial charge in [-0.3, -0.25) is 18.8 Å². The molecule has 2 aliphatic rings. The maximum absolute atomic E-state index is 12.6. The third kappa shape index (κ3) is 6.90. The minimum Gasteiger partial charge on any atom is -0.353 e. The average Bonchev–Trinajstić information content (AvgIpc) is 3.69. The summed E-state index contributed by atoms with van der Waals surface area (Å²) in [4.78, 5) is 24.5. The second-order valence-electron chi connectivity index (χ2n) is 11.2. The van der Waals surface area contributed by atoms with E-state index in [1.165, 1.54) is 47.5 Å². The number of carbonyl (C=O) groups is 1. The van der Waals surface area contributed by atoms with Crippen molar-refractivity contribution in [1.29, 1.82) is 0 Å². The average molecular weight is 623 g/mol. The Morgan fingerprint density at radius 2 is 2.00 bits per heavy atom. The number of hydrogen-bond acceptors (Lipinski definition) is 10. The SMILES string of the molecule is Cc1cn2c(-c3cnn(CC(=O)Nc4ccc(S(N)(=O)=O)cc4)c3)cnc2c(NC2CC(CN3CCCC(C)C3)=NS2)n1. The third-order valence-corrected chi connectivity index (χ3v) is 9.32. The predicted octanol–water partition coefficient (Wildman–Crippen LogP) is 3.15. The van der Waals surface area contributed by atoms with Gasteiger partial charge in [0.05, 0.1) is 28.7 Å². The number of aryl methyl sites for hydroxylation is 1. The highest BCUT2D eigenvalue weighted by Crippen LogP contribution is 2.30. The number of benzene rings is 1. The van der Waals surface area contributed by atoms with Gasteiger partial charge in [-0.05, 0) is 68.4 Å². The van der Waals surface area contributed by atoms with Crippen LogP contribution in [0.4, 0.5) is 11.5 Å². The van der Waals surface area contributed by atoms with Crippen molar-refractivity contribution in [3.8, 4) is 11.3 Å². The molecule has 1 amide bonds. The van der Waals surface area contributed by atoms with Gasteiger partial charge in [0.1, 0.15) is 11.9 Å². The van der Waals surface area contributed by atoms with Crippen LogP contribution in [0.2, 0.25) is 0 Å². The number of primary sulfonamides is 1. The van der Waals surface area contributed by atoms with Gasteiger partial charge in [0.15, 0.2) is 11.5 Å². The molecule has 4 aromatic rings. The number of nitrogens with zero attached hydrogens (tertiary/aromatic N) is 7. The van der Waals surface area contributed by atoms with Crippen LogP contribution in [0.25, 0.3) is 16.9 Å². The highest BCUT2D eigenvalue weighted by molar-refractivity contribution is 7.99. The van der Waals surface area contributed by atoms with Gasteiger partial charge in [0.25, 0.3) is 0 Å². The fourth-order valence-electron chi connectivity index (χ4n) is 5.52. The van der Waals surface area contributed by atoms with E-state index in [1.807, 2.05) is 17.5 Å². The largest absolute Gasteiger partial charge is 0.353 e. The van der Waals surface area contributed by atoms with Gasteiger partial charge in [-0.2, -0.15) is 5.10 Å². The molecule has 3 aromatic heterocycles. The van der Waals surface area contributed by atoms with Crippen molar-refractivity contribution in [1.82, 2.24) is 29.0 Å². The van der Waals surface area contributed by atoms with E-state index in [0.717, 1.165) is 48.9 Å². The lowest BCUT2D eigenvalue weighted by Crippen LogP contribution is -2.38. The zero-order chi connectivity index (χ0) is 30.1. The fraction of sp³-hybridized carbons (Fsp3) is 0.393. The molecule has 2 atom stereocenters. The highest BCUT2D eigenvalue weighted by Gasteiger charge is 2.25. The molecule has 0 radical (unpaired) electrons. The van der Waals surface area contributed by atoms with Crippen molar-refractivity contribution < 1.29 is 13.2 Å². The first-order valence-corrected chi connectivity index (χ1v) is 16.5. The quantitative estimate of drug-likeness (QED) is 0.238. The Morgan fingerprint density at radius 1 is 1.19 bits per heavy atom. The molecule has 6 rings (SSSR count). The second kappa shape index (κ2) is 12.1. The maximum atomic E-state index is 12.6. The number of piperidine rings is 1. The van der Waals surface area contributed by atoms with Crippen LogP contribution in [-0.2, 0) is 21.4 Å². The van der Waals surface area contributed by atoms with Gasteiger partial charge in [-0.15, -0.1) is 0 Å². The Kier molecular flexibility index (Phi) is 8.22. The van der Waals surface area contributed by atoms with Gasteiger partial charge >= 0.3 is 0 Å². The molecule has 15 heteroatoms. The topological polar surface area (TPSA) is 165 Å². The monoisotopic (exact) mass is 622 g/mol. The van der Waals surface area contributed by atoms with Crippen LogP contribution < -0.4 is 15.8 Å². The summed E-state index contributed by atoms with van der Waals surface area (Å²) >= 11 is 1.55. The molecule has 43 heavy (non-hydrogen) atoms. The molecule has 226 valence electrons. The maximum Gasteiger partial charge on any atom is 0.246 e. The van der Waals surface area contributed by atoms with E-state index in [9.17, 15) is 13.2 Å². The number of nitrogens with two attached hydrogens (primary N) is 1. The molecule has 5 heterocycles. The molecule has 1 fully saturated rings. The molecule has 0 aliphatic carbocycles. The number of sulfonamides is 1. The van der Waals surface area contributed by atoms with Crippen LogP contribution in [-0.4, -0.2) is 74.1 Å².